The SMILES string of the molecule is CN/N=C/c1ccc(/C=N/N(C)C)cc1. The molecular weight excluding hydrogens is 188 g/mol. The summed E-state index contributed by atoms with van der Waals surface area (Å²) in [4.78, 5) is 0. The Bertz CT molecular complexity index is 338. The largest absolute Gasteiger partial charge is 0.313 e. The monoisotopic (exact) mass is 204 g/mol. The standard InChI is InChI=1S/C11H16N4/c1-12-13-8-10-4-6-11(7-5-10)9-14-15(2)3/h4-9,12H,1-3H3/b13-8+,14-9+. The van der Waals surface area contributed by atoms with Gasteiger partial charge < -0.3 is 10.4 Å². The molecule has 0 heterocycles. The molecule has 1 N–H and O–H groups in total. The summed E-state index contributed by atoms with van der Waals surface area (Å²) in [5.41, 5.74) is 4.84. The van der Waals surface area contributed by atoms with Crippen molar-refractivity contribution in [2.24, 2.45) is 10.2 Å². The summed E-state index contributed by atoms with van der Waals surface area (Å²) in [6.45, 7) is 0. The lowest BCUT2D eigenvalue weighted by atomic mass is 10.2. The van der Waals surface area contributed by atoms with Gasteiger partial charge >= 0.3 is 0 Å². The van der Waals surface area contributed by atoms with Crippen LogP contribution >= 0.6 is 0 Å². The van der Waals surface area contributed by atoms with Crippen molar-refractivity contribution in [3.8, 4) is 0 Å². The highest BCUT2D eigenvalue weighted by molar-refractivity contribution is 5.83. The van der Waals surface area contributed by atoms with Crippen LogP contribution in [0.25, 0.3) is 0 Å². The van der Waals surface area contributed by atoms with Gasteiger partial charge in [-0.2, -0.15) is 10.2 Å². The van der Waals surface area contributed by atoms with Crippen LogP contribution in [-0.2, 0) is 0 Å². The third kappa shape index (κ3) is 4.26. The predicted molar refractivity (Wildman–Crippen MR) is 64.4 cm³/mol. The molecular formula is C11H16N4. The average Bonchev–Trinajstić information content (AvgIpc) is 2.25. The molecule has 0 aliphatic rings. The van der Waals surface area contributed by atoms with E-state index in [4.69, 9.17) is 0 Å². The molecule has 0 aliphatic carbocycles. The van der Waals surface area contributed by atoms with Crippen molar-refractivity contribution < 1.29 is 0 Å². The van der Waals surface area contributed by atoms with Crippen molar-refractivity contribution in [2.45, 2.75) is 0 Å². The molecule has 0 aliphatic heterocycles. The Morgan fingerprint density at radius 2 is 1.60 bits per heavy atom. The van der Waals surface area contributed by atoms with E-state index in [9.17, 15) is 0 Å². The first-order valence-electron chi connectivity index (χ1n) is 4.73. The van der Waals surface area contributed by atoms with E-state index in [-0.39, 0.29) is 0 Å². The number of nitrogens with zero attached hydrogens (tertiary/aromatic N) is 3. The quantitative estimate of drug-likeness (QED) is 0.590. The van der Waals surface area contributed by atoms with Gasteiger partial charge in [-0.25, -0.2) is 0 Å². The first-order chi connectivity index (χ1) is 7.22. The van der Waals surface area contributed by atoms with Gasteiger partial charge in [0.15, 0.2) is 0 Å². The van der Waals surface area contributed by atoms with Gasteiger partial charge in [-0.05, 0) is 11.1 Å². The van der Waals surface area contributed by atoms with E-state index in [2.05, 4.69) is 15.6 Å². The molecule has 15 heavy (non-hydrogen) atoms. The van der Waals surface area contributed by atoms with Crippen molar-refractivity contribution in [1.29, 1.82) is 0 Å². The molecule has 1 aromatic rings. The summed E-state index contributed by atoms with van der Waals surface area (Å²) in [5.74, 6) is 0. The molecule has 4 heteroatoms. The second-order valence-corrected chi connectivity index (χ2v) is 3.24. The van der Waals surface area contributed by atoms with Crippen molar-refractivity contribution in [1.82, 2.24) is 10.4 Å². The van der Waals surface area contributed by atoms with Crippen molar-refractivity contribution in [2.75, 3.05) is 21.1 Å². The van der Waals surface area contributed by atoms with E-state index in [0.717, 1.165) is 11.1 Å². The molecule has 0 bridgehead atoms. The second-order valence-electron chi connectivity index (χ2n) is 3.24. The lowest BCUT2D eigenvalue weighted by Gasteiger charge is -2.02. The number of hydrogen-bond donors (Lipinski definition) is 1. The average molecular weight is 204 g/mol. The fourth-order valence-corrected chi connectivity index (χ4v) is 0.989. The maximum Gasteiger partial charge on any atom is 0.0542 e. The van der Waals surface area contributed by atoms with Crippen LogP contribution in [0.2, 0.25) is 0 Å². The summed E-state index contributed by atoms with van der Waals surface area (Å²) in [5, 5.41) is 9.84. The Kier molecular flexibility index (Phi) is 4.34. The van der Waals surface area contributed by atoms with Gasteiger partial charge in [0.05, 0.1) is 12.4 Å². The van der Waals surface area contributed by atoms with Gasteiger partial charge in [0.2, 0.25) is 0 Å². The minimum absolute atomic E-state index is 1.06. The van der Waals surface area contributed by atoms with Gasteiger partial charge in [0.25, 0.3) is 0 Å². The van der Waals surface area contributed by atoms with Crippen LogP contribution in [0.15, 0.2) is 34.5 Å². The highest BCUT2D eigenvalue weighted by Gasteiger charge is 1.89. The lowest BCUT2D eigenvalue weighted by molar-refractivity contribution is 0.440. The zero-order chi connectivity index (χ0) is 11.1. The zero-order valence-corrected chi connectivity index (χ0v) is 9.31. The normalized spacial score (nSPS) is 11.1. The molecule has 0 spiro atoms. The van der Waals surface area contributed by atoms with Crippen LogP contribution in [0.3, 0.4) is 0 Å². The topological polar surface area (TPSA) is 40.0 Å². The molecule has 0 unspecified atom stereocenters. The number of hydrogen-bond acceptors (Lipinski definition) is 4. The van der Waals surface area contributed by atoms with Gasteiger partial charge in [-0.1, -0.05) is 24.3 Å². The predicted octanol–water partition coefficient (Wildman–Crippen LogP) is 1.14. The van der Waals surface area contributed by atoms with E-state index in [1.54, 1.807) is 18.3 Å². The molecule has 0 atom stereocenters. The first kappa shape index (κ1) is 11.2. The van der Waals surface area contributed by atoms with Crippen LogP contribution in [0.4, 0.5) is 0 Å². The van der Waals surface area contributed by atoms with Crippen molar-refractivity contribution in [3.63, 3.8) is 0 Å². The van der Waals surface area contributed by atoms with Crippen molar-refractivity contribution >= 4 is 12.4 Å². The zero-order valence-electron chi connectivity index (χ0n) is 9.31. The van der Waals surface area contributed by atoms with Gasteiger partial charge in [-0.3, -0.25) is 0 Å². The Hall–Kier alpha value is -1.84. The Morgan fingerprint density at radius 1 is 1.07 bits per heavy atom. The lowest BCUT2D eigenvalue weighted by Crippen LogP contribution is -2.01. The fraction of sp³-hybridized carbons (Fsp3) is 0.273. The van der Waals surface area contributed by atoms with E-state index < -0.39 is 0 Å². The minimum Gasteiger partial charge on any atom is -0.313 e. The maximum absolute atomic E-state index is 4.15. The molecule has 80 valence electrons. The van der Waals surface area contributed by atoms with Gasteiger partial charge in [-0.15, -0.1) is 0 Å². The number of benzene rings is 1. The van der Waals surface area contributed by atoms with Crippen LogP contribution in [0.1, 0.15) is 11.1 Å². The Labute approximate surface area is 90.3 Å². The maximum atomic E-state index is 4.15. The summed E-state index contributed by atoms with van der Waals surface area (Å²) in [7, 11) is 5.56. The van der Waals surface area contributed by atoms with E-state index in [1.165, 1.54) is 0 Å². The molecule has 1 aromatic carbocycles. The number of nitrogens with one attached hydrogen (secondary N) is 1. The molecule has 4 nitrogen and oxygen atoms in total. The van der Waals surface area contributed by atoms with Crippen LogP contribution in [0, 0.1) is 0 Å². The number of rotatable bonds is 4. The second kappa shape index (κ2) is 5.80. The third-order valence-corrected chi connectivity index (χ3v) is 1.72. The van der Waals surface area contributed by atoms with Gasteiger partial charge in [0, 0.05) is 21.1 Å². The summed E-state index contributed by atoms with van der Waals surface area (Å²) in [6.07, 6.45) is 3.59. The van der Waals surface area contributed by atoms with E-state index >= 15 is 0 Å². The van der Waals surface area contributed by atoms with Gasteiger partial charge in [0.1, 0.15) is 0 Å². The molecule has 0 saturated carbocycles. The minimum atomic E-state index is 1.06. The van der Waals surface area contributed by atoms with Crippen LogP contribution in [-0.4, -0.2) is 38.6 Å². The highest BCUT2D eigenvalue weighted by atomic mass is 15.4. The molecule has 0 amide bonds. The number of hydrazone groups is 2. The Balaban J connectivity index is 2.68. The first-order valence-corrected chi connectivity index (χ1v) is 4.73. The van der Waals surface area contributed by atoms with E-state index in [0.29, 0.717) is 0 Å². The summed E-state index contributed by atoms with van der Waals surface area (Å²) < 4.78 is 0. The third-order valence-electron chi connectivity index (χ3n) is 1.72. The molecule has 0 radical (unpaired) electrons. The smallest absolute Gasteiger partial charge is 0.0542 e. The summed E-state index contributed by atoms with van der Waals surface area (Å²) in [6, 6.07) is 8.00. The van der Waals surface area contributed by atoms with Crippen molar-refractivity contribution in [3.05, 3.63) is 35.4 Å². The molecule has 0 fully saturated rings. The Morgan fingerprint density at radius 3 is 2.07 bits per heavy atom. The van der Waals surface area contributed by atoms with Crippen LogP contribution < -0.4 is 5.43 Å². The molecule has 0 aromatic heterocycles. The van der Waals surface area contributed by atoms with E-state index in [1.807, 2.05) is 44.6 Å². The fourth-order valence-electron chi connectivity index (χ4n) is 0.989. The van der Waals surface area contributed by atoms with Crippen LogP contribution in [0.5, 0.6) is 0 Å². The molecule has 0 saturated heterocycles. The summed E-state index contributed by atoms with van der Waals surface area (Å²) >= 11 is 0. The highest BCUT2D eigenvalue weighted by Crippen LogP contribution is 2.00. The molecule has 1 rings (SSSR count).